The van der Waals surface area contributed by atoms with Crippen molar-refractivity contribution < 1.29 is 14.2 Å². The van der Waals surface area contributed by atoms with Gasteiger partial charge in [0.1, 0.15) is 12.4 Å². The molecule has 0 N–H and O–H groups in total. The molecule has 0 aliphatic carbocycles. The van der Waals surface area contributed by atoms with E-state index in [1.54, 1.807) is 0 Å². The molecule has 0 bridgehead atoms. The third-order valence-electron chi connectivity index (χ3n) is 4.22. The number of hydrogen-bond donors (Lipinski definition) is 0. The topological polar surface area (TPSA) is 40.0 Å². The molecule has 0 radical (unpaired) electrons. The highest BCUT2D eigenvalue weighted by Crippen LogP contribution is 2.52. The van der Waals surface area contributed by atoms with Gasteiger partial charge in [0.15, 0.2) is 11.5 Å². The molecule has 0 fully saturated rings. The minimum absolute atomic E-state index is 0.274. The standard InChI is InChI=1S/C16H11NO3/c1-2-4-12-10(3-1)16(7-17-12)8-18-13-6-15-14(5-11(13)16)19-9-20-15/h1-7H,8-9H2/t16-/m0/s1. The quantitative estimate of drug-likeness (QED) is 0.735. The molecule has 0 amide bonds. The summed E-state index contributed by atoms with van der Waals surface area (Å²) in [5.74, 6) is 2.40. The molecule has 20 heavy (non-hydrogen) atoms. The van der Waals surface area contributed by atoms with E-state index in [9.17, 15) is 0 Å². The number of ether oxygens (including phenoxy) is 3. The minimum Gasteiger partial charge on any atom is -0.491 e. The molecule has 3 aliphatic heterocycles. The van der Waals surface area contributed by atoms with Crippen LogP contribution in [0.25, 0.3) is 0 Å². The Balaban J connectivity index is 1.77. The molecule has 0 unspecified atom stereocenters. The van der Waals surface area contributed by atoms with Crippen molar-refractivity contribution >= 4 is 11.9 Å². The van der Waals surface area contributed by atoms with E-state index < -0.39 is 0 Å². The van der Waals surface area contributed by atoms with Crippen molar-refractivity contribution in [3.8, 4) is 17.2 Å². The Kier molecular flexibility index (Phi) is 1.72. The van der Waals surface area contributed by atoms with E-state index in [1.165, 1.54) is 5.56 Å². The molecular formula is C16H11NO3. The van der Waals surface area contributed by atoms with E-state index in [2.05, 4.69) is 11.1 Å². The first-order valence-electron chi connectivity index (χ1n) is 6.58. The van der Waals surface area contributed by atoms with Gasteiger partial charge in [0, 0.05) is 17.8 Å². The lowest BCUT2D eigenvalue weighted by molar-refractivity contribution is 0.173. The van der Waals surface area contributed by atoms with Crippen LogP contribution in [0.1, 0.15) is 11.1 Å². The Morgan fingerprint density at radius 2 is 1.75 bits per heavy atom. The van der Waals surface area contributed by atoms with Crippen LogP contribution < -0.4 is 14.2 Å². The Bertz CT molecular complexity index is 768. The second-order valence-electron chi connectivity index (χ2n) is 5.24. The zero-order chi connectivity index (χ0) is 13.2. The van der Waals surface area contributed by atoms with Gasteiger partial charge in [0.05, 0.1) is 11.1 Å². The first-order valence-corrected chi connectivity index (χ1v) is 6.58. The van der Waals surface area contributed by atoms with Crippen molar-refractivity contribution in [2.75, 3.05) is 13.4 Å². The summed E-state index contributed by atoms with van der Waals surface area (Å²) in [6.07, 6.45) is 1.99. The second-order valence-corrected chi connectivity index (χ2v) is 5.24. The molecule has 4 nitrogen and oxygen atoms in total. The highest BCUT2D eigenvalue weighted by Gasteiger charge is 2.46. The molecular weight excluding hydrogens is 254 g/mol. The molecule has 0 aromatic heterocycles. The maximum atomic E-state index is 5.89. The van der Waals surface area contributed by atoms with Crippen molar-refractivity contribution in [2.45, 2.75) is 5.41 Å². The highest BCUT2D eigenvalue weighted by molar-refractivity contribution is 5.91. The Hall–Kier alpha value is -2.49. The highest BCUT2D eigenvalue weighted by atomic mass is 16.7. The van der Waals surface area contributed by atoms with Crippen molar-refractivity contribution in [2.24, 2.45) is 4.99 Å². The lowest BCUT2D eigenvalue weighted by atomic mass is 9.78. The van der Waals surface area contributed by atoms with Crippen LogP contribution in [0.2, 0.25) is 0 Å². The van der Waals surface area contributed by atoms with Crippen LogP contribution in [-0.2, 0) is 5.41 Å². The molecule has 5 rings (SSSR count). The minimum atomic E-state index is -0.285. The summed E-state index contributed by atoms with van der Waals surface area (Å²) in [6.45, 7) is 0.849. The molecule has 3 aliphatic rings. The Morgan fingerprint density at radius 3 is 2.70 bits per heavy atom. The van der Waals surface area contributed by atoms with Gasteiger partial charge in [-0.15, -0.1) is 0 Å². The van der Waals surface area contributed by atoms with Crippen LogP contribution in [0.4, 0.5) is 5.69 Å². The van der Waals surface area contributed by atoms with Gasteiger partial charge in [-0.05, 0) is 17.7 Å². The molecule has 3 heterocycles. The van der Waals surface area contributed by atoms with Crippen molar-refractivity contribution in [1.29, 1.82) is 0 Å². The summed E-state index contributed by atoms with van der Waals surface area (Å²) in [6, 6.07) is 12.1. The monoisotopic (exact) mass is 265 g/mol. The lowest BCUT2D eigenvalue weighted by Gasteiger charge is -2.20. The molecule has 1 atom stereocenters. The average molecular weight is 265 g/mol. The number of benzene rings is 2. The molecule has 2 aromatic carbocycles. The largest absolute Gasteiger partial charge is 0.491 e. The molecule has 0 saturated heterocycles. The van der Waals surface area contributed by atoms with Crippen LogP contribution >= 0.6 is 0 Å². The first-order chi connectivity index (χ1) is 9.87. The van der Waals surface area contributed by atoms with Gasteiger partial charge in [-0.3, -0.25) is 4.99 Å². The third-order valence-corrected chi connectivity index (χ3v) is 4.22. The normalized spacial score (nSPS) is 23.8. The van der Waals surface area contributed by atoms with Crippen LogP contribution in [-0.4, -0.2) is 19.6 Å². The number of para-hydroxylation sites is 1. The van der Waals surface area contributed by atoms with Gasteiger partial charge >= 0.3 is 0 Å². The van der Waals surface area contributed by atoms with E-state index in [1.807, 2.05) is 36.5 Å². The van der Waals surface area contributed by atoms with Gasteiger partial charge in [-0.25, -0.2) is 0 Å². The van der Waals surface area contributed by atoms with E-state index >= 15 is 0 Å². The molecule has 1 spiro atoms. The summed E-state index contributed by atoms with van der Waals surface area (Å²) in [7, 11) is 0. The molecule has 0 saturated carbocycles. The SMILES string of the molecule is C1=Nc2ccccc2[C@@]12COc1cc3c(cc12)OCO3. The second kappa shape index (κ2) is 3.33. The summed E-state index contributed by atoms with van der Waals surface area (Å²) in [5.41, 5.74) is 3.03. The first kappa shape index (κ1) is 10.3. The van der Waals surface area contributed by atoms with E-state index in [-0.39, 0.29) is 12.2 Å². The van der Waals surface area contributed by atoms with Crippen molar-refractivity contribution in [3.63, 3.8) is 0 Å². The predicted octanol–water partition coefficient (Wildman–Crippen LogP) is 2.81. The predicted molar refractivity (Wildman–Crippen MR) is 73.4 cm³/mol. The summed E-state index contributed by atoms with van der Waals surface area (Å²) < 4.78 is 16.8. The fourth-order valence-corrected chi connectivity index (χ4v) is 3.20. The van der Waals surface area contributed by atoms with E-state index in [0.29, 0.717) is 6.61 Å². The Morgan fingerprint density at radius 1 is 0.900 bits per heavy atom. The zero-order valence-electron chi connectivity index (χ0n) is 10.6. The summed E-state index contributed by atoms with van der Waals surface area (Å²) >= 11 is 0. The number of fused-ring (bicyclic) bond motifs is 5. The molecule has 2 aromatic rings. The van der Waals surface area contributed by atoms with Crippen LogP contribution in [0.15, 0.2) is 41.4 Å². The molecule has 98 valence electrons. The number of aliphatic imine (C=N–C) groups is 1. The van der Waals surface area contributed by atoms with Gasteiger partial charge in [0.2, 0.25) is 6.79 Å². The van der Waals surface area contributed by atoms with Crippen LogP contribution in [0.3, 0.4) is 0 Å². The fraction of sp³-hybridized carbons (Fsp3) is 0.188. The van der Waals surface area contributed by atoms with Gasteiger partial charge in [-0.1, -0.05) is 18.2 Å². The molecule has 4 heteroatoms. The van der Waals surface area contributed by atoms with E-state index in [4.69, 9.17) is 14.2 Å². The Labute approximate surface area is 115 Å². The van der Waals surface area contributed by atoms with E-state index in [0.717, 1.165) is 28.5 Å². The third kappa shape index (κ3) is 1.10. The van der Waals surface area contributed by atoms with Crippen molar-refractivity contribution in [1.82, 2.24) is 0 Å². The average Bonchev–Trinajstić information content (AvgIpc) is 3.17. The maximum absolute atomic E-state index is 5.89. The zero-order valence-corrected chi connectivity index (χ0v) is 10.6. The number of hydrogen-bond acceptors (Lipinski definition) is 4. The summed E-state index contributed by atoms with van der Waals surface area (Å²) in [5, 5.41) is 0. The number of nitrogens with zero attached hydrogens (tertiary/aromatic N) is 1. The fourth-order valence-electron chi connectivity index (χ4n) is 3.20. The van der Waals surface area contributed by atoms with Crippen molar-refractivity contribution in [3.05, 3.63) is 47.5 Å². The van der Waals surface area contributed by atoms with Gasteiger partial charge < -0.3 is 14.2 Å². The smallest absolute Gasteiger partial charge is 0.231 e. The summed E-state index contributed by atoms with van der Waals surface area (Å²) in [4.78, 5) is 4.55. The maximum Gasteiger partial charge on any atom is 0.231 e. The lowest BCUT2D eigenvalue weighted by Crippen LogP contribution is -2.28. The van der Waals surface area contributed by atoms with Gasteiger partial charge in [0.25, 0.3) is 0 Å². The van der Waals surface area contributed by atoms with Crippen LogP contribution in [0.5, 0.6) is 17.2 Å². The van der Waals surface area contributed by atoms with Crippen LogP contribution in [0, 0.1) is 0 Å². The van der Waals surface area contributed by atoms with Gasteiger partial charge in [-0.2, -0.15) is 0 Å². The number of rotatable bonds is 0.